The van der Waals surface area contributed by atoms with Gasteiger partial charge in [-0.1, -0.05) is 6.92 Å². The van der Waals surface area contributed by atoms with Crippen LogP contribution in [0.25, 0.3) is 0 Å². The van der Waals surface area contributed by atoms with E-state index in [1.165, 1.54) is 6.42 Å². The smallest absolute Gasteiger partial charge is 0.0887 e. The van der Waals surface area contributed by atoms with Crippen LogP contribution < -0.4 is 0 Å². The van der Waals surface area contributed by atoms with Crippen molar-refractivity contribution in [3.8, 4) is 0 Å². The molecular weight excluding hydrogens is 128 g/mol. The van der Waals surface area contributed by atoms with Crippen molar-refractivity contribution in [3.63, 3.8) is 0 Å². The Hall–Kier alpha value is -0.0800. The zero-order chi connectivity index (χ0) is 6.97. The molecular formula is C8H14O2. The molecule has 2 saturated heterocycles. The highest BCUT2D eigenvalue weighted by Gasteiger charge is 2.40. The number of hydrogen-bond donors (Lipinski definition) is 0. The molecule has 3 atom stereocenters. The lowest BCUT2D eigenvalue weighted by Crippen LogP contribution is -2.21. The lowest BCUT2D eigenvalue weighted by molar-refractivity contribution is 0.0630. The van der Waals surface area contributed by atoms with Crippen LogP contribution in [0.1, 0.15) is 19.8 Å². The number of ether oxygens (including phenoxy) is 2. The van der Waals surface area contributed by atoms with Crippen LogP contribution in [0.4, 0.5) is 0 Å². The molecule has 0 aromatic carbocycles. The largest absolute Gasteiger partial charge is 0.375 e. The van der Waals surface area contributed by atoms with E-state index >= 15 is 0 Å². The molecule has 2 nitrogen and oxygen atoms in total. The highest BCUT2D eigenvalue weighted by Crippen LogP contribution is 2.32. The molecule has 2 aliphatic heterocycles. The second-order valence-corrected chi connectivity index (χ2v) is 3.16. The van der Waals surface area contributed by atoms with E-state index in [4.69, 9.17) is 9.47 Å². The Balaban J connectivity index is 2.01. The summed E-state index contributed by atoms with van der Waals surface area (Å²) in [4.78, 5) is 0. The monoisotopic (exact) mass is 142 g/mol. The Morgan fingerprint density at radius 2 is 2.30 bits per heavy atom. The van der Waals surface area contributed by atoms with Gasteiger partial charge >= 0.3 is 0 Å². The van der Waals surface area contributed by atoms with E-state index in [2.05, 4.69) is 6.92 Å². The van der Waals surface area contributed by atoms with Crippen LogP contribution in [-0.2, 0) is 9.47 Å². The van der Waals surface area contributed by atoms with Crippen LogP contribution in [0, 0.1) is 5.92 Å². The molecule has 2 fully saturated rings. The van der Waals surface area contributed by atoms with Gasteiger partial charge in [-0.15, -0.1) is 0 Å². The molecule has 0 radical (unpaired) electrons. The van der Waals surface area contributed by atoms with E-state index in [9.17, 15) is 0 Å². The molecule has 0 aromatic heterocycles. The highest BCUT2D eigenvalue weighted by atomic mass is 16.6. The van der Waals surface area contributed by atoms with Gasteiger partial charge in [-0.05, 0) is 12.8 Å². The van der Waals surface area contributed by atoms with E-state index in [1.807, 2.05) is 0 Å². The maximum Gasteiger partial charge on any atom is 0.0887 e. The molecule has 0 amide bonds. The zero-order valence-electron chi connectivity index (χ0n) is 6.38. The van der Waals surface area contributed by atoms with E-state index in [0.29, 0.717) is 18.1 Å². The van der Waals surface area contributed by atoms with E-state index in [1.54, 1.807) is 0 Å². The van der Waals surface area contributed by atoms with E-state index < -0.39 is 0 Å². The van der Waals surface area contributed by atoms with Gasteiger partial charge in [0.2, 0.25) is 0 Å². The summed E-state index contributed by atoms with van der Waals surface area (Å²) in [7, 11) is 0. The normalized spacial score (nSPS) is 45.9. The van der Waals surface area contributed by atoms with Crippen molar-refractivity contribution >= 4 is 0 Å². The quantitative estimate of drug-likeness (QED) is 0.547. The second kappa shape index (κ2) is 2.51. The van der Waals surface area contributed by atoms with Crippen molar-refractivity contribution in [2.24, 2.45) is 5.92 Å². The van der Waals surface area contributed by atoms with Gasteiger partial charge in [0.05, 0.1) is 18.8 Å². The summed E-state index contributed by atoms with van der Waals surface area (Å²) in [5.74, 6) is 0.674. The minimum atomic E-state index is 0.435. The molecule has 0 aliphatic carbocycles. The number of rotatable bonds is 1. The fourth-order valence-electron chi connectivity index (χ4n) is 1.90. The predicted octanol–water partition coefficient (Wildman–Crippen LogP) is 1.20. The van der Waals surface area contributed by atoms with Gasteiger partial charge in [-0.2, -0.15) is 0 Å². The molecule has 0 bridgehead atoms. The van der Waals surface area contributed by atoms with Crippen LogP contribution in [-0.4, -0.2) is 25.4 Å². The Labute approximate surface area is 61.5 Å². The first-order valence-electron chi connectivity index (χ1n) is 4.15. The molecule has 58 valence electrons. The Kier molecular flexibility index (Phi) is 1.66. The maximum absolute atomic E-state index is 5.56. The van der Waals surface area contributed by atoms with Crippen molar-refractivity contribution in [2.45, 2.75) is 32.0 Å². The Morgan fingerprint density at radius 1 is 1.40 bits per heavy atom. The first kappa shape index (κ1) is 6.62. The van der Waals surface area contributed by atoms with Crippen molar-refractivity contribution in [3.05, 3.63) is 0 Å². The summed E-state index contributed by atoms with van der Waals surface area (Å²) in [6, 6.07) is 0. The summed E-state index contributed by atoms with van der Waals surface area (Å²) < 4.78 is 11.1. The summed E-state index contributed by atoms with van der Waals surface area (Å²) in [6.45, 7) is 4.04. The SMILES string of the molecule is CC[C@@H]1COC2CCOC21. The molecule has 0 spiro atoms. The van der Waals surface area contributed by atoms with Crippen LogP contribution in [0.15, 0.2) is 0 Å². The van der Waals surface area contributed by atoms with Gasteiger partial charge in [0, 0.05) is 12.5 Å². The van der Waals surface area contributed by atoms with E-state index in [-0.39, 0.29) is 0 Å². The average molecular weight is 142 g/mol. The second-order valence-electron chi connectivity index (χ2n) is 3.16. The Morgan fingerprint density at radius 3 is 3.10 bits per heavy atom. The predicted molar refractivity (Wildman–Crippen MR) is 37.9 cm³/mol. The zero-order valence-corrected chi connectivity index (χ0v) is 6.38. The summed E-state index contributed by atoms with van der Waals surface area (Å²) in [5, 5.41) is 0. The van der Waals surface area contributed by atoms with Gasteiger partial charge in [0.1, 0.15) is 0 Å². The molecule has 2 heterocycles. The summed E-state index contributed by atoms with van der Waals surface area (Å²) >= 11 is 0. The first-order chi connectivity index (χ1) is 4.92. The molecule has 0 aromatic rings. The van der Waals surface area contributed by atoms with Gasteiger partial charge in [0.25, 0.3) is 0 Å². The molecule has 0 N–H and O–H groups in total. The molecule has 2 heteroatoms. The summed E-state index contributed by atoms with van der Waals surface area (Å²) in [6.07, 6.45) is 3.18. The number of fused-ring (bicyclic) bond motifs is 1. The molecule has 2 rings (SSSR count). The average Bonchev–Trinajstić information content (AvgIpc) is 2.44. The number of hydrogen-bond acceptors (Lipinski definition) is 2. The fraction of sp³-hybridized carbons (Fsp3) is 1.00. The topological polar surface area (TPSA) is 18.5 Å². The van der Waals surface area contributed by atoms with Crippen LogP contribution >= 0.6 is 0 Å². The van der Waals surface area contributed by atoms with Crippen LogP contribution in [0.2, 0.25) is 0 Å². The minimum absolute atomic E-state index is 0.435. The van der Waals surface area contributed by atoms with Crippen LogP contribution in [0.3, 0.4) is 0 Å². The van der Waals surface area contributed by atoms with Gasteiger partial charge < -0.3 is 9.47 Å². The van der Waals surface area contributed by atoms with Crippen molar-refractivity contribution < 1.29 is 9.47 Å². The molecule has 2 aliphatic rings. The van der Waals surface area contributed by atoms with E-state index in [0.717, 1.165) is 19.6 Å². The summed E-state index contributed by atoms with van der Waals surface area (Å²) in [5.41, 5.74) is 0. The van der Waals surface area contributed by atoms with Gasteiger partial charge in [-0.25, -0.2) is 0 Å². The van der Waals surface area contributed by atoms with Crippen molar-refractivity contribution in [2.75, 3.05) is 13.2 Å². The third kappa shape index (κ3) is 0.867. The van der Waals surface area contributed by atoms with Crippen molar-refractivity contribution in [1.82, 2.24) is 0 Å². The maximum atomic E-state index is 5.56. The molecule has 2 unspecified atom stereocenters. The third-order valence-corrected chi connectivity index (χ3v) is 2.59. The lowest BCUT2D eigenvalue weighted by Gasteiger charge is -2.12. The molecule has 10 heavy (non-hydrogen) atoms. The third-order valence-electron chi connectivity index (χ3n) is 2.59. The molecule has 0 saturated carbocycles. The fourth-order valence-corrected chi connectivity index (χ4v) is 1.90. The minimum Gasteiger partial charge on any atom is -0.375 e. The van der Waals surface area contributed by atoms with Gasteiger partial charge in [-0.3, -0.25) is 0 Å². The standard InChI is InChI=1S/C8H14O2/c1-2-6-5-10-7-3-4-9-8(6)7/h6-8H,2-5H2,1H3/t6-,7?,8?/m1/s1. The van der Waals surface area contributed by atoms with Gasteiger partial charge in [0.15, 0.2) is 0 Å². The highest BCUT2D eigenvalue weighted by molar-refractivity contribution is 4.87. The Bertz CT molecular complexity index is 124. The lowest BCUT2D eigenvalue weighted by atomic mass is 10.00. The van der Waals surface area contributed by atoms with Crippen molar-refractivity contribution in [1.29, 1.82) is 0 Å². The van der Waals surface area contributed by atoms with Crippen LogP contribution in [0.5, 0.6) is 0 Å². The first-order valence-corrected chi connectivity index (χ1v) is 4.15.